The first kappa shape index (κ1) is 14.5. The normalized spacial score (nSPS) is 14.7. The molecule has 1 aliphatic carbocycles. The lowest BCUT2D eigenvalue weighted by Gasteiger charge is -2.33. The van der Waals surface area contributed by atoms with E-state index >= 15 is 0 Å². The van der Waals surface area contributed by atoms with Gasteiger partial charge in [-0.3, -0.25) is 14.9 Å². The van der Waals surface area contributed by atoms with Crippen molar-refractivity contribution in [3.8, 4) is 0 Å². The van der Waals surface area contributed by atoms with Crippen molar-refractivity contribution < 1.29 is 9.72 Å². The molecule has 0 atom stereocenters. The smallest absolute Gasteiger partial charge is 0.280 e. The van der Waals surface area contributed by atoms with Crippen LogP contribution < -0.4 is 4.90 Å². The highest BCUT2D eigenvalue weighted by Gasteiger charge is 2.23. The number of carbonyl (C=O) groups is 1. The van der Waals surface area contributed by atoms with E-state index in [0.717, 1.165) is 18.8 Å². The largest absolute Gasteiger partial charge is 0.372 e. The summed E-state index contributed by atoms with van der Waals surface area (Å²) in [5, 5.41) is 10.9. The van der Waals surface area contributed by atoms with Crippen molar-refractivity contribution in [2.45, 2.75) is 33.1 Å². The van der Waals surface area contributed by atoms with Gasteiger partial charge in [-0.15, -0.1) is 0 Å². The summed E-state index contributed by atoms with van der Waals surface area (Å²) in [6, 6.07) is 4.84. The summed E-state index contributed by atoms with van der Waals surface area (Å²) in [6.07, 6.45) is 3.80. The first-order valence-electron chi connectivity index (χ1n) is 7.07. The van der Waals surface area contributed by atoms with Crippen LogP contribution in [0.15, 0.2) is 18.2 Å². The molecule has 1 fully saturated rings. The quantitative estimate of drug-likeness (QED) is 0.453. The number of carbonyl (C=O) groups excluding carboxylic acids is 1. The summed E-state index contributed by atoms with van der Waals surface area (Å²) in [4.78, 5) is 24.2. The molecule has 5 heteroatoms. The maximum Gasteiger partial charge on any atom is 0.280 e. The molecule has 0 radical (unpaired) electrons. The van der Waals surface area contributed by atoms with Gasteiger partial charge in [0.25, 0.3) is 5.69 Å². The average molecular weight is 276 g/mol. The summed E-state index contributed by atoms with van der Waals surface area (Å²) in [5.74, 6) is 0.448. The number of hydrogen-bond donors (Lipinski definition) is 0. The Morgan fingerprint density at radius 3 is 2.60 bits per heavy atom. The number of nitrogens with zero attached hydrogens (tertiary/aromatic N) is 2. The average Bonchev–Trinajstić information content (AvgIpc) is 2.37. The van der Waals surface area contributed by atoms with Crippen LogP contribution in [-0.2, 0) is 0 Å². The fraction of sp³-hybridized carbons (Fsp3) is 0.533. The molecule has 1 aromatic carbocycles. The molecule has 1 aromatic rings. The Labute approximate surface area is 118 Å². The first-order valence-corrected chi connectivity index (χ1v) is 7.07. The van der Waals surface area contributed by atoms with Gasteiger partial charge in [-0.1, -0.05) is 6.42 Å². The highest BCUT2D eigenvalue weighted by Crippen LogP contribution is 2.30. The molecule has 0 N–H and O–H groups in total. The first-order chi connectivity index (χ1) is 9.52. The number of ketones is 1. The summed E-state index contributed by atoms with van der Waals surface area (Å²) < 4.78 is 0. The highest BCUT2D eigenvalue weighted by molar-refractivity contribution is 5.99. The summed E-state index contributed by atoms with van der Waals surface area (Å²) in [5.41, 5.74) is 0.982. The van der Waals surface area contributed by atoms with Crippen molar-refractivity contribution in [1.29, 1.82) is 0 Å². The highest BCUT2D eigenvalue weighted by atomic mass is 16.6. The van der Waals surface area contributed by atoms with Crippen molar-refractivity contribution in [3.05, 3.63) is 33.9 Å². The SMILES string of the molecule is CCN(CC1CCC1)c1ccc([N+](=O)[O-])c(C(C)=O)c1. The van der Waals surface area contributed by atoms with Crippen LogP contribution in [0.1, 0.15) is 43.5 Å². The molecule has 0 saturated heterocycles. The van der Waals surface area contributed by atoms with Crippen LogP contribution in [0, 0.1) is 16.0 Å². The van der Waals surface area contributed by atoms with Crippen molar-refractivity contribution in [2.75, 3.05) is 18.0 Å². The summed E-state index contributed by atoms with van der Waals surface area (Å²) >= 11 is 0. The fourth-order valence-corrected chi connectivity index (χ4v) is 2.57. The van der Waals surface area contributed by atoms with Crippen molar-refractivity contribution in [1.82, 2.24) is 0 Å². The molecule has 0 aromatic heterocycles. The van der Waals surface area contributed by atoms with Crippen LogP contribution in [0.5, 0.6) is 0 Å². The Morgan fingerprint density at radius 2 is 2.15 bits per heavy atom. The lowest BCUT2D eigenvalue weighted by molar-refractivity contribution is -0.385. The molecule has 5 nitrogen and oxygen atoms in total. The second-order valence-corrected chi connectivity index (χ2v) is 5.35. The Bertz CT molecular complexity index is 524. The topological polar surface area (TPSA) is 63.4 Å². The van der Waals surface area contributed by atoms with E-state index in [4.69, 9.17) is 0 Å². The minimum Gasteiger partial charge on any atom is -0.372 e. The second kappa shape index (κ2) is 6.03. The van der Waals surface area contributed by atoms with Gasteiger partial charge in [-0.05, 0) is 44.7 Å². The third-order valence-corrected chi connectivity index (χ3v) is 4.01. The molecular weight excluding hydrogens is 256 g/mol. The van der Waals surface area contributed by atoms with Gasteiger partial charge in [0.2, 0.25) is 0 Å². The van der Waals surface area contributed by atoms with Crippen molar-refractivity contribution in [3.63, 3.8) is 0 Å². The number of benzene rings is 1. The number of hydrogen-bond acceptors (Lipinski definition) is 4. The van der Waals surface area contributed by atoms with Gasteiger partial charge in [-0.2, -0.15) is 0 Å². The van der Waals surface area contributed by atoms with Crippen LogP contribution in [0.2, 0.25) is 0 Å². The van der Waals surface area contributed by atoms with E-state index in [1.807, 2.05) is 0 Å². The maximum atomic E-state index is 11.6. The minimum absolute atomic E-state index is 0.110. The molecule has 0 bridgehead atoms. The second-order valence-electron chi connectivity index (χ2n) is 5.35. The van der Waals surface area contributed by atoms with Crippen LogP contribution in [0.3, 0.4) is 0 Å². The monoisotopic (exact) mass is 276 g/mol. The summed E-state index contributed by atoms with van der Waals surface area (Å²) in [7, 11) is 0. The van der Waals surface area contributed by atoms with Gasteiger partial charge < -0.3 is 4.90 Å². The third-order valence-electron chi connectivity index (χ3n) is 4.01. The van der Waals surface area contributed by atoms with E-state index in [2.05, 4.69) is 11.8 Å². The molecule has 1 aliphatic rings. The Balaban J connectivity index is 2.28. The molecular formula is C15H20N2O3. The van der Waals surface area contributed by atoms with Gasteiger partial charge in [0.05, 0.1) is 10.5 Å². The molecule has 0 spiro atoms. The Hall–Kier alpha value is -1.91. The zero-order valence-electron chi connectivity index (χ0n) is 12.0. The van der Waals surface area contributed by atoms with E-state index < -0.39 is 4.92 Å². The van der Waals surface area contributed by atoms with Crippen LogP contribution in [-0.4, -0.2) is 23.8 Å². The van der Waals surface area contributed by atoms with E-state index in [1.54, 1.807) is 12.1 Å². The molecule has 2 rings (SSSR count). The maximum absolute atomic E-state index is 11.6. The van der Waals surface area contributed by atoms with E-state index in [9.17, 15) is 14.9 Å². The lowest BCUT2D eigenvalue weighted by Crippen LogP contribution is -2.32. The standard InChI is InChI=1S/C15H20N2O3/c1-3-16(10-12-5-4-6-12)13-7-8-15(17(19)20)14(9-13)11(2)18/h7-9,12H,3-6,10H2,1-2H3. The predicted molar refractivity (Wildman–Crippen MR) is 78.3 cm³/mol. The van der Waals surface area contributed by atoms with Crippen LogP contribution in [0.4, 0.5) is 11.4 Å². The van der Waals surface area contributed by atoms with Gasteiger partial charge in [0.15, 0.2) is 5.78 Å². The minimum atomic E-state index is -0.497. The molecule has 0 amide bonds. The van der Waals surface area contributed by atoms with Gasteiger partial charge in [0, 0.05) is 24.8 Å². The van der Waals surface area contributed by atoms with Gasteiger partial charge in [0.1, 0.15) is 0 Å². The molecule has 108 valence electrons. The third kappa shape index (κ3) is 2.98. The number of rotatable bonds is 6. The molecule has 0 unspecified atom stereocenters. The molecule has 0 heterocycles. The fourth-order valence-electron chi connectivity index (χ4n) is 2.57. The number of nitro benzene ring substituents is 1. The van der Waals surface area contributed by atoms with Crippen molar-refractivity contribution in [2.24, 2.45) is 5.92 Å². The zero-order valence-corrected chi connectivity index (χ0v) is 12.0. The van der Waals surface area contributed by atoms with E-state index in [0.29, 0.717) is 5.92 Å². The van der Waals surface area contributed by atoms with Gasteiger partial charge >= 0.3 is 0 Å². The molecule has 0 aliphatic heterocycles. The Morgan fingerprint density at radius 1 is 1.45 bits per heavy atom. The summed E-state index contributed by atoms with van der Waals surface area (Å²) in [6.45, 7) is 5.24. The molecule has 20 heavy (non-hydrogen) atoms. The zero-order chi connectivity index (χ0) is 14.7. The number of Topliss-reactive ketones (excluding diaryl/α,β-unsaturated/α-hetero) is 1. The van der Waals surface area contributed by atoms with Crippen LogP contribution >= 0.6 is 0 Å². The van der Waals surface area contributed by atoms with Gasteiger partial charge in [-0.25, -0.2) is 0 Å². The van der Waals surface area contributed by atoms with Crippen LogP contribution in [0.25, 0.3) is 0 Å². The lowest BCUT2D eigenvalue weighted by atomic mass is 9.85. The predicted octanol–water partition coefficient (Wildman–Crippen LogP) is 3.42. The number of anilines is 1. The number of nitro groups is 1. The Kier molecular flexibility index (Phi) is 4.37. The van der Waals surface area contributed by atoms with Crippen molar-refractivity contribution >= 4 is 17.2 Å². The molecule has 1 saturated carbocycles. The van der Waals surface area contributed by atoms with E-state index in [1.165, 1.54) is 32.3 Å². The van der Waals surface area contributed by atoms with E-state index in [-0.39, 0.29) is 17.0 Å².